The molecule has 0 unspecified atom stereocenters. The molecule has 0 aromatic heterocycles. The van der Waals surface area contributed by atoms with Crippen LogP contribution in [0.15, 0.2) is 42.5 Å². The lowest BCUT2D eigenvalue weighted by atomic mass is 10.1. The Bertz CT molecular complexity index is 725. The molecular formula is C15H12ClN3O2. The first-order valence-electron chi connectivity index (χ1n) is 6.15. The fraction of sp³-hybridized carbons (Fsp3) is 0.133. The van der Waals surface area contributed by atoms with Gasteiger partial charge in [0.15, 0.2) is 0 Å². The first-order valence-corrected chi connectivity index (χ1v) is 6.53. The van der Waals surface area contributed by atoms with Crippen LogP contribution >= 0.6 is 11.6 Å². The van der Waals surface area contributed by atoms with Gasteiger partial charge in [0.25, 0.3) is 5.69 Å². The number of nitro groups is 1. The van der Waals surface area contributed by atoms with E-state index < -0.39 is 4.92 Å². The van der Waals surface area contributed by atoms with Crippen LogP contribution in [0.1, 0.15) is 11.1 Å². The Morgan fingerprint density at radius 1 is 1.33 bits per heavy atom. The molecule has 5 nitrogen and oxygen atoms in total. The molecule has 6 heteroatoms. The third kappa shape index (κ3) is 3.50. The van der Waals surface area contributed by atoms with Crippen molar-refractivity contribution in [1.29, 1.82) is 5.26 Å². The van der Waals surface area contributed by atoms with Crippen molar-refractivity contribution < 1.29 is 4.92 Å². The zero-order valence-electron chi connectivity index (χ0n) is 11.3. The summed E-state index contributed by atoms with van der Waals surface area (Å²) >= 11 is 5.91. The standard InChI is InChI=1S/C15H12ClN3O2/c1-18(14-4-2-3-11(7-14)9-17)10-12-8-13(16)5-6-15(12)19(20)21/h2-8H,10H2,1H3. The highest BCUT2D eigenvalue weighted by atomic mass is 35.5. The third-order valence-electron chi connectivity index (χ3n) is 3.06. The van der Waals surface area contributed by atoms with E-state index in [1.54, 1.807) is 31.3 Å². The van der Waals surface area contributed by atoms with Crippen molar-refractivity contribution in [2.75, 3.05) is 11.9 Å². The maximum atomic E-state index is 11.1. The molecule has 0 heterocycles. The molecule has 0 aliphatic heterocycles. The highest BCUT2D eigenvalue weighted by molar-refractivity contribution is 6.30. The van der Waals surface area contributed by atoms with Gasteiger partial charge in [-0.25, -0.2) is 0 Å². The smallest absolute Gasteiger partial charge is 0.274 e. The normalized spacial score (nSPS) is 9.95. The van der Waals surface area contributed by atoms with Gasteiger partial charge < -0.3 is 4.90 Å². The summed E-state index contributed by atoms with van der Waals surface area (Å²) in [5.41, 5.74) is 1.91. The summed E-state index contributed by atoms with van der Waals surface area (Å²) in [4.78, 5) is 12.5. The lowest BCUT2D eigenvalue weighted by Gasteiger charge is -2.19. The van der Waals surface area contributed by atoms with Crippen LogP contribution in [0.4, 0.5) is 11.4 Å². The molecule has 0 spiro atoms. The van der Waals surface area contributed by atoms with Gasteiger partial charge in [0.1, 0.15) is 0 Å². The predicted octanol–water partition coefficient (Wildman–Crippen LogP) is 3.76. The van der Waals surface area contributed by atoms with Crippen LogP contribution in [-0.2, 0) is 6.54 Å². The van der Waals surface area contributed by atoms with Crippen LogP contribution in [0.2, 0.25) is 5.02 Å². The van der Waals surface area contributed by atoms with Crippen LogP contribution in [0.25, 0.3) is 0 Å². The van der Waals surface area contributed by atoms with Crippen molar-refractivity contribution in [3.63, 3.8) is 0 Å². The van der Waals surface area contributed by atoms with Gasteiger partial charge in [-0.1, -0.05) is 17.7 Å². The van der Waals surface area contributed by atoms with E-state index in [4.69, 9.17) is 16.9 Å². The number of anilines is 1. The quantitative estimate of drug-likeness (QED) is 0.637. The largest absolute Gasteiger partial charge is 0.370 e. The molecule has 0 N–H and O–H groups in total. The molecule has 0 atom stereocenters. The minimum absolute atomic E-state index is 0.0303. The summed E-state index contributed by atoms with van der Waals surface area (Å²) in [6.45, 7) is 0.325. The number of benzene rings is 2. The van der Waals surface area contributed by atoms with E-state index in [1.807, 2.05) is 11.0 Å². The van der Waals surface area contributed by atoms with E-state index in [9.17, 15) is 10.1 Å². The number of nitrogens with zero attached hydrogens (tertiary/aromatic N) is 3. The molecule has 2 rings (SSSR count). The number of hydrogen-bond acceptors (Lipinski definition) is 4. The van der Waals surface area contributed by atoms with Crippen molar-refractivity contribution >= 4 is 23.0 Å². The molecular weight excluding hydrogens is 290 g/mol. The van der Waals surface area contributed by atoms with Gasteiger partial charge in [-0.05, 0) is 30.3 Å². The molecule has 2 aromatic rings. The minimum Gasteiger partial charge on any atom is -0.370 e. The lowest BCUT2D eigenvalue weighted by molar-refractivity contribution is -0.385. The van der Waals surface area contributed by atoms with Crippen LogP contribution in [0, 0.1) is 21.4 Å². The molecule has 0 radical (unpaired) electrons. The Morgan fingerprint density at radius 2 is 2.10 bits per heavy atom. The van der Waals surface area contributed by atoms with Crippen LogP contribution in [-0.4, -0.2) is 12.0 Å². The Morgan fingerprint density at radius 3 is 2.76 bits per heavy atom. The second-order valence-electron chi connectivity index (χ2n) is 4.55. The van der Waals surface area contributed by atoms with E-state index >= 15 is 0 Å². The SMILES string of the molecule is CN(Cc1cc(Cl)ccc1[N+](=O)[O-])c1cccc(C#N)c1. The molecule has 0 aliphatic carbocycles. The second-order valence-corrected chi connectivity index (χ2v) is 4.98. The molecule has 21 heavy (non-hydrogen) atoms. The minimum atomic E-state index is -0.425. The average molecular weight is 302 g/mol. The Hall–Kier alpha value is -2.58. The summed E-state index contributed by atoms with van der Waals surface area (Å²) in [5.74, 6) is 0. The molecule has 0 saturated carbocycles. The Kier molecular flexibility index (Phi) is 4.41. The highest BCUT2D eigenvalue weighted by Gasteiger charge is 2.15. The second kappa shape index (κ2) is 6.25. The van der Waals surface area contributed by atoms with Crippen molar-refractivity contribution in [3.05, 3.63) is 68.7 Å². The van der Waals surface area contributed by atoms with E-state index in [0.717, 1.165) is 5.69 Å². The third-order valence-corrected chi connectivity index (χ3v) is 3.30. The van der Waals surface area contributed by atoms with Crippen LogP contribution < -0.4 is 4.90 Å². The van der Waals surface area contributed by atoms with Gasteiger partial charge >= 0.3 is 0 Å². The van der Waals surface area contributed by atoms with Gasteiger partial charge in [0, 0.05) is 30.4 Å². The van der Waals surface area contributed by atoms with E-state index in [1.165, 1.54) is 12.1 Å². The molecule has 0 amide bonds. The van der Waals surface area contributed by atoms with E-state index in [-0.39, 0.29) is 5.69 Å². The highest BCUT2D eigenvalue weighted by Crippen LogP contribution is 2.25. The van der Waals surface area contributed by atoms with Gasteiger partial charge in [-0.2, -0.15) is 5.26 Å². The molecule has 106 valence electrons. The van der Waals surface area contributed by atoms with E-state index in [0.29, 0.717) is 22.7 Å². The zero-order valence-corrected chi connectivity index (χ0v) is 12.0. The van der Waals surface area contributed by atoms with Crippen molar-refractivity contribution in [1.82, 2.24) is 0 Å². The van der Waals surface area contributed by atoms with Crippen molar-refractivity contribution in [3.8, 4) is 6.07 Å². The molecule has 0 saturated heterocycles. The summed E-state index contributed by atoms with van der Waals surface area (Å²) in [5, 5.41) is 20.4. The Balaban J connectivity index is 2.31. The number of halogens is 1. The average Bonchev–Trinajstić information content (AvgIpc) is 2.47. The molecule has 0 aliphatic rings. The predicted molar refractivity (Wildman–Crippen MR) is 81.4 cm³/mol. The van der Waals surface area contributed by atoms with Crippen molar-refractivity contribution in [2.24, 2.45) is 0 Å². The Labute approximate surface area is 127 Å². The van der Waals surface area contributed by atoms with Gasteiger partial charge in [-0.3, -0.25) is 10.1 Å². The maximum Gasteiger partial charge on any atom is 0.274 e. The summed E-state index contributed by atoms with van der Waals surface area (Å²) < 4.78 is 0. The maximum absolute atomic E-state index is 11.1. The molecule has 2 aromatic carbocycles. The monoisotopic (exact) mass is 301 g/mol. The summed E-state index contributed by atoms with van der Waals surface area (Å²) in [6, 6.07) is 13.6. The number of nitriles is 1. The molecule has 0 bridgehead atoms. The lowest BCUT2D eigenvalue weighted by Crippen LogP contribution is -2.17. The number of rotatable bonds is 4. The topological polar surface area (TPSA) is 70.2 Å². The van der Waals surface area contributed by atoms with Gasteiger partial charge in [-0.15, -0.1) is 0 Å². The first kappa shape index (κ1) is 14.8. The fourth-order valence-corrected chi connectivity index (χ4v) is 2.21. The van der Waals surface area contributed by atoms with Gasteiger partial charge in [0.05, 0.1) is 22.1 Å². The fourth-order valence-electron chi connectivity index (χ4n) is 2.02. The zero-order chi connectivity index (χ0) is 15.4. The number of nitro benzene ring substituents is 1. The van der Waals surface area contributed by atoms with Crippen LogP contribution in [0.3, 0.4) is 0 Å². The molecule has 0 fully saturated rings. The number of hydrogen-bond donors (Lipinski definition) is 0. The van der Waals surface area contributed by atoms with Crippen molar-refractivity contribution in [2.45, 2.75) is 6.54 Å². The van der Waals surface area contributed by atoms with Crippen LogP contribution in [0.5, 0.6) is 0 Å². The first-order chi connectivity index (χ1) is 10.0. The van der Waals surface area contributed by atoms with Gasteiger partial charge in [0.2, 0.25) is 0 Å². The summed E-state index contributed by atoms with van der Waals surface area (Å²) in [6.07, 6.45) is 0. The summed E-state index contributed by atoms with van der Waals surface area (Å²) in [7, 11) is 1.81. The van der Waals surface area contributed by atoms with E-state index in [2.05, 4.69) is 6.07 Å².